The molecule has 0 atom stereocenters. The molecule has 1 N–H and O–H groups in total. The van der Waals surface area contributed by atoms with Crippen LogP contribution in [0, 0.1) is 6.92 Å². The Morgan fingerprint density at radius 2 is 1.83 bits per heavy atom. The zero-order valence-corrected chi connectivity index (χ0v) is 13.3. The Balaban J connectivity index is 2.10. The standard InChI is InChI=1S/C20H19NO2/c1-14-20(15(2)22)19(17-9-6-10-18(23)11-17)13-21(14)12-16-7-4-3-5-8-16/h3-11,13,23H,12H2,1-2H3. The zero-order valence-electron chi connectivity index (χ0n) is 13.3. The second kappa shape index (κ2) is 6.13. The summed E-state index contributed by atoms with van der Waals surface area (Å²) >= 11 is 0. The van der Waals surface area contributed by atoms with Crippen molar-refractivity contribution in [2.45, 2.75) is 20.4 Å². The predicted octanol–water partition coefficient (Wildman–Crippen LogP) is 4.42. The SMILES string of the molecule is CC(=O)c1c(-c2cccc(O)c2)cn(Cc2ccccc2)c1C. The van der Waals surface area contributed by atoms with E-state index >= 15 is 0 Å². The van der Waals surface area contributed by atoms with E-state index in [1.807, 2.05) is 37.4 Å². The summed E-state index contributed by atoms with van der Waals surface area (Å²) in [5.41, 5.74) is 4.56. The van der Waals surface area contributed by atoms with Crippen molar-refractivity contribution in [3.8, 4) is 16.9 Å². The number of phenols is 1. The minimum absolute atomic E-state index is 0.0349. The van der Waals surface area contributed by atoms with Crippen LogP contribution in [0.2, 0.25) is 0 Å². The lowest BCUT2D eigenvalue weighted by molar-refractivity contribution is 0.101. The molecule has 1 aromatic heterocycles. The van der Waals surface area contributed by atoms with E-state index in [0.29, 0.717) is 12.1 Å². The van der Waals surface area contributed by atoms with Crippen LogP contribution in [0.4, 0.5) is 0 Å². The third-order valence-electron chi connectivity index (χ3n) is 4.05. The van der Waals surface area contributed by atoms with Crippen molar-refractivity contribution in [1.82, 2.24) is 4.57 Å². The molecule has 23 heavy (non-hydrogen) atoms. The Kier molecular flexibility index (Phi) is 4.02. The molecule has 0 saturated carbocycles. The zero-order chi connectivity index (χ0) is 16.4. The monoisotopic (exact) mass is 305 g/mol. The molecule has 1 heterocycles. The molecule has 116 valence electrons. The van der Waals surface area contributed by atoms with Crippen LogP contribution in [-0.4, -0.2) is 15.5 Å². The van der Waals surface area contributed by atoms with Gasteiger partial charge in [0.1, 0.15) is 5.75 Å². The second-order valence-electron chi connectivity index (χ2n) is 5.72. The highest BCUT2D eigenvalue weighted by Crippen LogP contribution is 2.31. The number of carbonyl (C=O) groups is 1. The van der Waals surface area contributed by atoms with Gasteiger partial charge in [-0.25, -0.2) is 0 Å². The highest BCUT2D eigenvalue weighted by atomic mass is 16.3. The van der Waals surface area contributed by atoms with Crippen LogP contribution in [0.3, 0.4) is 0 Å². The summed E-state index contributed by atoms with van der Waals surface area (Å²) in [6, 6.07) is 17.2. The lowest BCUT2D eigenvalue weighted by Gasteiger charge is -2.06. The van der Waals surface area contributed by atoms with Crippen molar-refractivity contribution in [2.24, 2.45) is 0 Å². The third kappa shape index (κ3) is 3.04. The van der Waals surface area contributed by atoms with Gasteiger partial charge in [0, 0.05) is 29.6 Å². The molecule has 2 aromatic carbocycles. The number of hydrogen-bond acceptors (Lipinski definition) is 2. The van der Waals surface area contributed by atoms with Crippen LogP contribution in [0.5, 0.6) is 5.75 Å². The normalized spacial score (nSPS) is 10.7. The van der Waals surface area contributed by atoms with Crippen LogP contribution in [0.25, 0.3) is 11.1 Å². The smallest absolute Gasteiger partial charge is 0.162 e. The van der Waals surface area contributed by atoms with Crippen molar-refractivity contribution in [3.05, 3.63) is 77.6 Å². The second-order valence-corrected chi connectivity index (χ2v) is 5.72. The summed E-state index contributed by atoms with van der Waals surface area (Å²) < 4.78 is 2.09. The molecular formula is C20H19NO2. The first-order chi connectivity index (χ1) is 11.1. The third-order valence-corrected chi connectivity index (χ3v) is 4.05. The maximum absolute atomic E-state index is 12.1. The lowest BCUT2D eigenvalue weighted by atomic mass is 10.0. The highest BCUT2D eigenvalue weighted by molar-refractivity contribution is 6.02. The molecule has 0 amide bonds. The van der Waals surface area contributed by atoms with Crippen molar-refractivity contribution in [2.75, 3.05) is 0 Å². The maximum atomic E-state index is 12.1. The molecule has 3 heteroatoms. The molecule has 3 rings (SSSR count). The number of phenolic OH excluding ortho intramolecular Hbond substituents is 1. The fraction of sp³-hybridized carbons (Fsp3) is 0.150. The summed E-state index contributed by atoms with van der Waals surface area (Å²) in [7, 11) is 0. The molecule has 0 bridgehead atoms. The average Bonchev–Trinajstić information content (AvgIpc) is 2.85. The van der Waals surface area contributed by atoms with Gasteiger partial charge in [-0.2, -0.15) is 0 Å². The van der Waals surface area contributed by atoms with Gasteiger partial charge >= 0.3 is 0 Å². The van der Waals surface area contributed by atoms with Crippen molar-refractivity contribution in [3.63, 3.8) is 0 Å². The van der Waals surface area contributed by atoms with Gasteiger partial charge in [0.15, 0.2) is 5.78 Å². The van der Waals surface area contributed by atoms with Crippen molar-refractivity contribution in [1.29, 1.82) is 0 Å². The molecule has 3 aromatic rings. The van der Waals surface area contributed by atoms with E-state index in [2.05, 4.69) is 16.7 Å². The van der Waals surface area contributed by atoms with Gasteiger partial charge in [-0.1, -0.05) is 42.5 Å². The quantitative estimate of drug-likeness (QED) is 0.725. The average molecular weight is 305 g/mol. The Morgan fingerprint density at radius 1 is 1.09 bits per heavy atom. The number of ketones is 1. The molecule has 0 radical (unpaired) electrons. The van der Waals surface area contributed by atoms with Crippen LogP contribution >= 0.6 is 0 Å². The van der Waals surface area contributed by atoms with E-state index < -0.39 is 0 Å². The van der Waals surface area contributed by atoms with Crippen LogP contribution in [0.1, 0.15) is 28.5 Å². The Labute approximate surface area is 135 Å². The summed E-state index contributed by atoms with van der Waals surface area (Å²) in [4.78, 5) is 12.1. The number of rotatable bonds is 4. The molecule has 0 fully saturated rings. The Morgan fingerprint density at radius 3 is 2.48 bits per heavy atom. The number of hydrogen-bond donors (Lipinski definition) is 1. The van der Waals surface area contributed by atoms with E-state index in [9.17, 15) is 9.90 Å². The molecule has 0 aliphatic rings. The lowest BCUT2D eigenvalue weighted by Crippen LogP contribution is -2.02. The molecule has 0 aliphatic carbocycles. The van der Waals surface area contributed by atoms with E-state index in [1.165, 1.54) is 5.56 Å². The summed E-state index contributed by atoms with van der Waals surface area (Å²) in [5.74, 6) is 0.234. The fourth-order valence-corrected chi connectivity index (χ4v) is 2.94. The molecule has 0 aliphatic heterocycles. The van der Waals surface area contributed by atoms with E-state index in [4.69, 9.17) is 0 Å². The number of aromatic nitrogens is 1. The number of carbonyl (C=O) groups excluding carboxylic acids is 1. The highest BCUT2D eigenvalue weighted by Gasteiger charge is 2.18. The topological polar surface area (TPSA) is 42.2 Å². The first-order valence-corrected chi connectivity index (χ1v) is 7.60. The first-order valence-electron chi connectivity index (χ1n) is 7.60. The number of nitrogens with zero attached hydrogens (tertiary/aromatic N) is 1. The first kappa shape index (κ1) is 15.1. The summed E-state index contributed by atoms with van der Waals surface area (Å²) in [5, 5.41) is 9.72. The fourth-order valence-electron chi connectivity index (χ4n) is 2.94. The van der Waals surface area contributed by atoms with Gasteiger partial charge in [0.2, 0.25) is 0 Å². The van der Waals surface area contributed by atoms with Crippen molar-refractivity contribution >= 4 is 5.78 Å². The molecule has 3 nitrogen and oxygen atoms in total. The molecular weight excluding hydrogens is 286 g/mol. The minimum Gasteiger partial charge on any atom is -0.508 e. The van der Waals surface area contributed by atoms with Gasteiger partial charge in [-0.3, -0.25) is 4.79 Å². The predicted molar refractivity (Wildman–Crippen MR) is 91.8 cm³/mol. The molecule has 0 unspecified atom stereocenters. The van der Waals surface area contributed by atoms with Gasteiger partial charge in [-0.15, -0.1) is 0 Å². The summed E-state index contributed by atoms with van der Waals surface area (Å²) in [6.45, 7) is 4.26. The number of benzene rings is 2. The van der Waals surface area contributed by atoms with Gasteiger partial charge < -0.3 is 9.67 Å². The number of Topliss-reactive ketones (excluding diaryl/α,β-unsaturated/α-hetero) is 1. The van der Waals surface area contributed by atoms with Gasteiger partial charge in [0.05, 0.1) is 0 Å². The summed E-state index contributed by atoms with van der Waals surface area (Å²) in [6.07, 6.45) is 1.99. The molecule has 0 spiro atoms. The van der Waals surface area contributed by atoms with Crippen LogP contribution < -0.4 is 0 Å². The van der Waals surface area contributed by atoms with Crippen LogP contribution in [0.15, 0.2) is 60.8 Å². The van der Waals surface area contributed by atoms with Crippen LogP contribution in [-0.2, 0) is 6.54 Å². The van der Waals surface area contributed by atoms with Gasteiger partial charge in [-0.05, 0) is 37.1 Å². The Hall–Kier alpha value is -2.81. The Bertz CT molecular complexity index is 847. The van der Waals surface area contributed by atoms with Crippen molar-refractivity contribution < 1.29 is 9.90 Å². The largest absolute Gasteiger partial charge is 0.508 e. The number of aromatic hydroxyl groups is 1. The van der Waals surface area contributed by atoms with Gasteiger partial charge in [0.25, 0.3) is 0 Å². The van der Waals surface area contributed by atoms with E-state index in [1.54, 1.807) is 25.1 Å². The minimum atomic E-state index is 0.0349. The van der Waals surface area contributed by atoms with E-state index in [0.717, 1.165) is 16.8 Å². The van der Waals surface area contributed by atoms with E-state index in [-0.39, 0.29) is 11.5 Å². The molecule has 0 saturated heterocycles. The maximum Gasteiger partial charge on any atom is 0.162 e.